The molecular formula is C15H17BrO4. The SMILES string of the molecule is CCOC(=O)C=C(Cc1ccc(Br)cc1)C(=O)OCC. The van der Waals surface area contributed by atoms with Crippen molar-refractivity contribution in [1.29, 1.82) is 0 Å². The van der Waals surface area contributed by atoms with E-state index in [0.29, 0.717) is 6.42 Å². The first-order valence-electron chi connectivity index (χ1n) is 6.35. The first-order chi connectivity index (χ1) is 9.56. The predicted octanol–water partition coefficient (Wildman–Crippen LogP) is 3.04. The third kappa shape index (κ3) is 5.57. The molecule has 1 aromatic rings. The third-order valence-electron chi connectivity index (χ3n) is 2.42. The van der Waals surface area contributed by atoms with Crippen LogP contribution in [0.4, 0.5) is 0 Å². The van der Waals surface area contributed by atoms with Gasteiger partial charge in [0.1, 0.15) is 0 Å². The monoisotopic (exact) mass is 340 g/mol. The van der Waals surface area contributed by atoms with Gasteiger partial charge in [0.25, 0.3) is 0 Å². The molecule has 0 N–H and O–H groups in total. The minimum Gasteiger partial charge on any atom is -0.463 e. The van der Waals surface area contributed by atoms with E-state index >= 15 is 0 Å². The quantitative estimate of drug-likeness (QED) is 0.590. The van der Waals surface area contributed by atoms with Crippen LogP contribution in [-0.2, 0) is 25.5 Å². The van der Waals surface area contributed by atoms with Crippen LogP contribution in [0.5, 0.6) is 0 Å². The molecule has 0 aromatic heterocycles. The zero-order valence-electron chi connectivity index (χ0n) is 11.5. The topological polar surface area (TPSA) is 52.6 Å². The highest BCUT2D eigenvalue weighted by Crippen LogP contribution is 2.15. The molecule has 0 saturated carbocycles. The van der Waals surface area contributed by atoms with Crippen LogP contribution in [0.15, 0.2) is 40.4 Å². The lowest BCUT2D eigenvalue weighted by Gasteiger charge is -2.07. The average Bonchev–Trinajstić information content (AvgIpc) is 2.41. The predicted molar refractivity (Wildman–Crippen MR) is 79.2 cm³/mol. The minimum atomic E-state index is -0.535. The van der Waals surface area contributed by atoms with Gasteiger partial charge in [-0.1, -0.05) is 28.1 Å². The fraction of sp³-hybridized carbons (Fsp3) is 0.333. The van der Waals surface area contributed by atoms with Crippen molar-refractivity contribution in [1.82, 2.24) is 0 Å². The minimum absolute atomic E-state index is 0.263. The lowest BCUT2D eigenvalue weighted by atomic mass is 10.1. The Morgan fingerprint density at radius 3 is 2.25 bits per heavy atom. The van der Waals surface area contributed by atoms with Gasteiger partial charge in [-0.25, -0.2) is 9.59 Å². The molecule has 4 nitrogen and oxygen atoms in total. The standard InChI is InChI=1S/C15H17BrO4/c1-3-19-14(17)10-12(15(18)20-4-2)9-11-5-7-13(16)8-6-11/h5-8,10H,3-4,9H2,1-2H3. The summed E-state index contributed by atoms with van der Waals surface area (Å²) in [5.74, 6) is -1.03. The van der Waals surface area contributed by atoms with Gasteiger partial charge < -0.3 is 9.47 Å². The fourth-order valence-electron chi connectivity index (χ4n) is 1.55. The lowest BCUT2D eigenvalue weighted by Crippen LogP contribution is -2.13. The fourth-order valence-corrected chi connectivity index (χ4v) is 1.82. The molecule has 0 spiro atoms. The van der Waals surface area contributed by atoms with Crippen molar-refractivity contribution in [3.8, 4) is 0 Å². The van der Waals surface area contributed by atoms with Crippen LogP contribution in [-0.4, -0.2) is 25.2 Å². The maximum atomic E-state index is 11.8. The van der Waals surface area contributed by atoms with Crippen LogP contribution in [0.3, 0.4) is 0 Å². The molecular weight excluding hydrogens is 324 g/mol. The second kappa shape index (κ2) is 8.53. The van der Waals surface area contributed by atoms with E-state index in [4.69, 9.17) is 9.47 Å². The van der Waals surface area contributed by atoms with Crippen LogP contribution in [0.2, 0.25) is 0 Å². The van der Waals surface area contributed by atoms with Gasteiger partial charge in [-0.05, 0) is 31.5 Å². The summed E-state index contributed by atoms with van der Waals surface area (Å²) >= 11 is 3.35. The lowest BCUT2D eigenvalue weighted by molar-refractivity contribution is -0.141. The molecule has 0 heterocycles. The molecule has 0 unspecified atom stereocenters. The Labute approximate surface area is 126 Å². The summed E-state index contributed by atoms with van der Waals surface area (Å²) in [5, 5.41) is 0. The first kappa shape index (κ1) is 16.4. The molecule has 5 heteroatoms. The maximum Gasteiger partial charge on any atom is 0.334 e. The van der Waals surface area contributed by atoms with Gasteiger partial charge >= 0.3 is 11.9 Å². The molecule has 1 aromatic carbocycles. The normalized spacial score (nSPS) is 11.1. The van der Waals surface area contributed by atoms with Crippen LogP contribution >= 0.6 is 15.9 Å². The second-order valence-corrected chi connectivity index (χ2v) is 4.86. The van der Waals surface area contributed by atoms with Gasteiger partial charge in [-0.2, -0.15) is 0 Å². The first-order valence-corrected chi connectivity index (χ1v) is 7.15. The summed E-state index contributed by atoms with van der Waals surface area (Å²) in [6, 6.07) is 7.51. The van der Waals surface area contributed by atoms with Gasteiger partial charge in [0.15, 0.2) is 0 Å². The van der Waals surface area contributed by atoms with Gasteiger partial charge in [0.05, 0.1) is 13.2 Å². The number of carbonyl (C=O) groups is 2. The number of hydrogen-bond donors (Lipinski definition) is 0. The molecule has 20 heavy (non-hydrogen) atoms. The Hall–Kier alpha value is -1.62. The number of carbonyl (C=O) groups excluding carboxylic acids is 2. The van der Waals surface area contributed by atoms with Crippen LogP contribution in [0.1, 0.15) is 19.4 Å². The summed E-state index contributed by atoms with van der Waals surface area (Å²) in [7, 11) is 0. The van der Waals surface area contributed by atoms with Crippen molar-refractivity contribution in [3.63, 3.8) is 0 Å². The average molecular weight is 341 g/mol. The number of rotatable bonds is 6. The smallest absolute Gasteiger partial charge is 0.334 e. The molecule has 0 aliphatic heterocycles. The second-order valence-electron chi connectivity index (χ2n) is 3.95. The van der Waals surface area contributed by atoms with Gasteiger partial charge in [0, 0.05) is 22.5 Å². The van der Waals surface area contributed by atoms with Crippen LogP contribution < -0.4 is 0 Å². The van der Waals surface area contributed by atoms with Crippen LogP contribution in [0, 0.1) is 0 Å². The van der Waals surface area contributed by atoms with Crippen molar-refractivity contribution in [2.45, 2.75) is 20.3 Å². The van der Waals surface area contributed by atoms with E-state index in [9.17, 15) is 9.59 Å². The highest BCUT2D eigenvalue weighted by atomic mass is 79.9. The Balaban J connectivity index is 2.89. The number of hydrogen-bond acceptors (Lipinski definition) is 4. The molecule has 0 atom stereocenters. The molecule has 1 rings (SSSR count). The summed E-state index contributed by atoms with van der Waals surface area (Å²) in [5.41, 5.74) is 1.20. The zero-order chi connectivity index (χ0) is 15.0. The summed E-state index contributed by atoms with van der Waals surface area (Å²) in [6.45, 7) is 3.97. The van der Waals surface area contributed by atoms with Crippen molar-refractivity contribution < 1.29 is 19.1 Å². The number of benzene rings is 1. The molecule has 0 aliphatic carbocycles. The van der Waals surface area contributed by atoms with E-state index in [1.807, 2.05) is 24.3 Å². The Kier molecular flexibility index (Phi) is 7.01. The Morgan fingerprint density at radius 1 is 1.10 bits per heavy atom. The van der Waals surface area contributed by atoms with E-state index in [1.54, 1.807) is 13.8 Å². The van der Waals surface area contributed by atoms with Crippen LogP contribution in [0.25, 0.3) is 0 Å². The molecule has 0 aliphatic rings. The zero-order valence-corrected chi connectivity index (χ0v) is 13.1. The Bertz CT molecular complexity index is 491. The van der Waals surface area contributed by atoms with Gasteiger partial charge in [-0.15, -0.1) is 0 Å². The largest absolute Gasteiger partial charge is 0.463 e. The molecule has 0 saturated heterocycles. The van der Waals surface area contributed by atoms with E-state index in [2.05, 4.69) is 15.9 Å². The molecule has 0 radical (unpaired) electrons. The molecule has 0 fully saturated rings. The summed E-state index contributed by atoms with van der Waals surface area (Å²) < 4.78 is 10.7. The number of esters is 2. The summed E-state index contributed by atoms with van der Waals surface area (Å²) in [6.07, 6.45) is 1.52. The number of halogens is 1. The maximum absolute atomic E-state index is 11.8. The van der Waals surface area contributed by atoms with Crippen molar-refractivity contribution in [2.75, 3.05) is 13.2 Å². The van der Waals surface area contributed by atoms with Crippen molar-refractivity contribution in [3.05, 3.63) is 46.0 Å². The van der Waals surface area contributed by atoms with E-state index in [0.717, 1.165) is 10.0 Å². The highest BCUT2D eigenvalue weighted by molar-refractivity contribution is 9.10. The van der Waals surface area contributed by atoms with Crippen molar-refractivity contribution >= 4 is 27.9 Å². The van der Waals surface area contributed by atoms with Gasteiger partial charge in [0.2, 0.25) is 0 Å². The third-order valence-corrected chi connectivity index (χ3v) is 2.95. The van der Waals surface area contributed by atoms with Gasteiger partial charge in [-0.3, -0.25) is 0 Å². The van der Waals surface area contributed by atoms with Crippen molar-refractivity contribution in [2.24, 2.45) is 0 Å². The summed E-state index contributed by atoms with van der Waals surface area (Å²) in [4.78, 5) is 23.3. The van der Waals surface area contributed by atoms with E-state index in [-0.39, 0.29) is 18.8 Å². The number of ether oxygens (including phenoxy) is 2. The molecule has 108 valence electrons. The molecule has 0 amide bonds. The highest BCUT2D eigenvalue weighted by Gasteiger charge is 2.14. The Morgan fingerprint density at radius 2 is 1.70 bits per heavy atom. The van der Waals surface area contributed by atoms with E-state index < -0.39 is 11.9 Å². The van der Waals surface area contributed by atoms with E-state index in [1.165, 1.54) is 6.08 Å². The molecule has 0 bridgehead atoms.